The van der Waals surface area contributed by atoms with Crippen LogP contribution in [0, 0.1) is 5.82 Å². The second-order valence-electron chi connectivity index (χ2n) is 6.14. The lowest BCUT2D eigenvalue weighted by Crippen LogP contribution is -2.13. The average molecular weight is 353 g/mol. The summed E-state index contributed by atoms with van der Waals surface area (Å²) in [4.78, 5) is 26.4. The maximum absolute atomic E-state index is 13.6. The van der Waals surface area contributed by atoms with Crippen molar-refractivity contribution in [3.63, 3.8) is 0 Å². The number of nitrogens with one attached hydrogen (secondary N) is 3. The van der Waals surface area contributed by atoms with Gasteiger partial charge in [0.05, 0.1) is 5.69 Å². The van der Waals surface area contributed by atoms with E-state index in [1.165, 1.54) is 36.1 Å². The van der Waals surface area contributed by atoms with Crippen LogP contribution >= 0.6 is 0 Å². The molecule has 0 aliphatic carbocycles. The van der Waals surface area contributed by atoms with Crippen molar-refractivity contribution in [2.24, 2.45) is 0 Å². The van der Waals surface area contributed by atoms with Gasteiger partial charge in [-0.25, -0.2) is 4.39 Å². The van der Waals surface area contributed by atoms with Crippen LogP contribution in [0.15, 0.2) is 48.7 Å². The minimum absolute atomic E-state index is 0.0501. The Hall–Kier alpha value is -3.15. The van der Waals surface area contributed by atoms with Crippen molar-refractivity contribution in [3.8, 4) is 0 Å². The summed E-state index contributed by atoms with van der Waals surface area (Å²) < 4.78 is 13.6. The Morgan fingerprint density at radius 3 is 2.73 bits per heavy atom. The number of halogens is 1. The molecule has 0 atom stereocenters. The van der Waals surface area contributed by atoms with E-state index in [1.807, 2.05) is 24.4 Å². The maximum atomic E-state index is 13.6. The van der Waals surface area contributed by atoms with Crippen LogP contribution in [0.5, 0.6) is 0 Å². The lowest BCUT2D eigenvalue weighted by Gasteiger charge is -2.09. The average Bonchev–Trinajstić information content (AvgIpc) is 3.01. The number of carbonyl (C=O) groups is 2. The molecule has 6 heteroatoms. The number of hydrogen-bond acceptors (Lipinski definition) is 2. The van der Waals surface area contributed by atoms with E-state index in [2.05, 4.69) is 21.7 Å². The van der Waals surface area contributed by atoms with Crippen molar-refractivity contribution >= 4 is 34.1 Å². The van der Waals surface area contributed by atoms with Gasteiger partial charge < -0.3 is 15.6 Å². The van der Waals surface area contributed by atoms with Gasteiger partial charge in [0.25, 0.3) is 0 Å². The SMILES string of the molecule is CC(=O)Nc1cc(NC(=O)CCCc2c[nH]c3ccccc23)ccc1F. The summed E-state index contributed by atoms with van der Waals surface area (Å²) in [5.74, 6) is -1.06. The van der Waals surface area contributed by atoms with Gasteiger partial charge in [-0.3, -0.25) is 9.59 Å². The van der Waals surface area contributed by atoms with E-state index in [1.54, 1.807) is 0 Å². The first-order valence-electron chi connectivity index (χ1n) is 8.45. The minimum Gasteiger partial charge on any atom is -0.361 e. The molecule has 0 radical (unpaired) electrons. The number of rotatable bonds is 6. The zero-order valence-corrected chi connectivity index (χ0v) is 14.4. The van der Waals surface area contributed by atoms with E-state index in [0.717, 1.165) is 11.9 Å². The Morgan fingerprint density at radius 1 is 1.12 bits per heavy atom. The van der Waals surface area contributed by atoms with E-state index >= 15 is 0 Å². The standard InChI is InChI=1S/C20H20FN3O2/c1-13(25)23-19-11-15(9-10-17(19)21)24-20(26)8-4-5-14-12-22-18-7-3-2-6-16(14)18/h2-3,6-7,9-12,22H,4-5,8H2,1H3,(H,23,25)(H,24,26). The monoisotopic (exact) mass is 353 g/mol. The number of anilines is 2. The van der Waals surface area contributed by atoms with Gasteiger partial charge in [0, 0.05) is 36.1 Å². The number of H-pyrrole nitrogens is 1. The van der Waals surface area contributed by atoms with Gasteiger partial charge in [0.2, 0.25) is 11.8 Å². The quantitative estimate of drug-likeness (QED) is 0.620. The van der Waals surface area contributed by atoms with E-state index in [-0.39, 0.29) is 17.5 Å². The molecule has 0 aliphatic heterocycles. The van der Waals surface area contributed by atoms with Gasteiger partial charge in [-0.15, -0.1) is 0 Å². The van der Waals surface area contributed by atoms with Crippen molar-refractivity contribution in [1.82, 2.24) is 4.98 Å². The van der Waals surface area contributed by atoms with Crippen LogP contribution in [0.1, 0.15) is 25.3 Å². The number of benzene rings is 2. The van der Waals surface area contributed by atoms with Crippen molar-refractivity contribution in [3.05, 3.63) is 60.0 Å². The molecule has 3 N–H and O–H groups in total. The molecule has 1 heterocycles. The van der Waals surface area contributed by atoms with E-state index in [9.17, 15) is 14.0 Å². The largest absolute Gasteiger partial charge is 0.361 e. The summed E-state index contributed by atoms with van der Waals surface area (Å²) in [6.45, 7) is 1.30. The number of hydrogen-bond donors (Lipinski definition) is 3. The van der Waals surface area contributed by atoms with Crippen LogP contribution in [0.4, 0.5) is 15.8 Å². The molecule has 2 aromatic carbocycles. The first-order valence-corrected chi connectivity index (χ1v) is 8.45. The Morgan fingerprint density at radius 2 is 1.92 bits per heavy atom. The Balaban J connectivity index is 1.55. The number of aromatic nitrogens is 1. The molecule has 26 heavy (non-hydrogen) atoms. The topological polar surface area (TPSA) is 74.0 Å². The Kier molecular flexibility index (Phi) is 5.31. The van der Waals surface area contributed by atoms with Gasteiger partial charge >= 0.3 is 0 Å². The molecule has 0 unspecified atom stereocenters. The maximum Gasteiger partial charge on any atom is 0.224 e. The molecule has 3 rings (SSSR count). The molecule has 0 spiro atoms. The van der Waals surface area contributed by atoms with Crippen LogP contribution < -0.4 is 10.6 Å². The lowest BCUT2D eigenvalue weighted by molar-refractivity contribution is -0.116. The molecule has 2 amide bonds. The van der Waals surface area contributed by atoms with Crippen molar-refractivity contribution in [2.75, 3.05) is 10.6 Å². The van der Waals surface area contributed by atoms with E-state index < -0.39 is 5.82 Å². The fraction of sp³-hybridized carbons (Fsp3) is 0.200. The predicted octanol–water partition coefficient (Wildman–Crippen LogP) is 4.23. The zero-order chi connectivity index (χ0) is 18.5. The van der Waals surface area contributed by atoms with Gasteiger partial charge in [-0.05, 0) is 42.7 Å². The highest BCUT2D eigenvalue weighted by Crippen LogP contribution is 2.21. The van der Waals surface area contributed by atoms with Crippen molar-refractivity contribution < 1.29 is 14.0 Å². The normalized spacial score (nSPS) is 10.7. The van der Waals surface area contributed by atoms with Gasteiger partial charge in [0.1, 0.15) is 5.82 Å². The minimum atomic E-state index is -0.544. The lowest BCUT2D eigenvalue weighted by atomic mass is 10.1. The highest BCUT2D eigenvalue weighted by Gasteiger charge is 2.09. The fourth-order valence-electron chi connectivity index (χ4n) is 2.89. The number of fused-ring (bicyclic) bond motifs is 1. The second-order valence-corrected chi connectivity index (χ2v) is 6.14. The van der Waals surface area contributed by atoms with Crippen LogP contribution in [0.3, 0.4) is 0 Å². The number of para-hydroxylation sites is 1. The molecule has 0 saturated heterocycles. The van der Waals surface area contributed by atoms with Crippen LogP contribution in [0.2, 0.25) is 0 Å². The van der Waals surface area contributed by atoms with E-state index in [4.69, 9.17) is 0 Å². The van der Waals surface area contributed by atoms with Crippen molar-refractivity contribution in [2.45, 2.75) is 26.2 Å². The van der Waals surface area contributed by atoms with Crippen LogP contribution in [-0.4, -0.2) is 16.8 Å². The van der Waals surface area contributed by atoms with Crippen LogP contribution in [-0.2, 0) is 16.0 Å². The third-order valence-electron chi connectivity index (χ3n) is 4.09. The smallest absolute Gasteiger partial charge is 0.224 e. The first-order chi connectivity index (χ1) is 12.5. The number of aryl methyl sites for hydroxylation is 1. The molecule has 0 saturated carbocycles. The second kappa shape index (κ2) is 7.82. The summed E-state index contributed by atoms with van der Waals surface area (Å²) in [6, 6.07) is 12.1. The molecular weight excluding hydrogens is 333 g/mol. The molecule has 0 aliphatic rings. The summed E-state index contributed by atoms with van der Waals surface area (Å²) in [5.41, 5.74) is 2.77. The predicted molar refractivity (Wildman–Crippen MR) is 101 cm³/mol. The van der Waals surface area contributed by atoms with E-state index in [0.29, 0.717) is 18.5 Å². The molecular formula is C20H20FN3O2. The molecule has 1 aromatic heterocycles. The molecule has 134 valence electrons. The molecule has 0 bridgehead atoms. The Labute approximate surface area is 150 Å². The van der Waals surface area contributed by atoms with Crippen LogP contribution in [0.25, 0.3) is 10.9 Å². The molecule has 3 aromatic rings. The summed E-state index contributed by atoms with van der Waals surface area (Å²) in [6.07, 6.45) is 3.82. The number of aromatic amines is 1. The summed E-state index contributed by atoms with van der Waals surface area (Å²) in [5, 5.41) is 6.30. The summed E-state index contributed by atoms with van der Waals surface area (Å²) in [7, 11) is 0. The highest BCUT2D eigenvalue weighted by molar-refractivity contribution is 5.93. The Bertz CT molecular complexity index is 949. The zero-order valence-electron chi connectivity index (χ0n) is 14.4. The fourth-order valence-corrected chi connectivity index (χ4v) is 2.89. The highest BCUT2D eigenvalue weighted by atomic mass is 19.1. The third kappa shape index (κ3) is 4.27. The summed E-state index contributed by atoms with van der Waals surface area (Å²) >= 11 is 0. The first kappa shape index (κ1) is 17.7. The van der Waals surface area contributed by atoms with Gasteiger partial charge in [-0.2, -0.15) is 0 Å². The van der Waals surface area contributed by atoms with Gasteiger partial charge in [0.15, 0.2) is 0 Å². The number of amides is 2. The number of carbonyl (C=O) groups excluding carboxylic acids is 2. The van der Waals surface area contributed by atoms with Crippen molar-refractivity contribution in [1.29, 1.82) is 0 Å². The molecule has 0 fully saturated rings. The third-order valence-corrected chi connectivity index (χ3v) is 4.09. The van der Waals surface area contributed by atoms with Gasteiger partial charge in [-0.1, -0.05) is 18.2 Å². The molecule has 5 nitrogen and oxygen atoms in total.